The van der Waals surface area contributed by atoms with E-state index in [1.54, 1.807) is 30.3 Å². The molecule has 154 valence electrons. The SMILES string of the molecule is O=C1C(=O)N(c2ccc(F)cc2)[C@H](c2ccccc2[N+](=O)[O-])C1=C(O)c1ccccc1. The fraction of sp³-hybridized carbons (Fsp3) is 0.0435. The van der Waals surface area contributed by atoms with Gasteiger partial charge in [-0.25, -0.2) is 4.39 Å². The van der Waals surface area contributed by atoms with E-state index in [1.165, 1.54) is 36.4 Å². The lowest BCUT2D eigenvalue weighted by molar-refractivity contribution is -0.385. The zero-order valence-electron chi connectivity index (χ0n) is 15.9. The van der Waals surface area contributed by atoms with Crippen LogP contribution in [0.3, 0.4) is 0 Å². The molecule has 0 aliphatic carbocycles. The average Bonchev–Trinajstić information content (AvgIpc) is 3.05. The van der Waals surface area contributed by atoms with E-state index in [0.717, 1.165) is 17.0 Å². The number of carbonyl (C=O) groups excluding carboxylic acids is 2. The van der Waals surface area contributed by atoms with Crippen LogP contribution in [0.5, 0.6) is 0 Å². The van der Waals surface area contributed by atoms with Gasteiger partial charge in [-0.2, -0.15) is 0 Å². The number of carbonyl (C=O) groups is 2. The number of Topliss-reactive ketones (excluding diaryl/α,β-unsaturated/α-hetero) is 1. The summed E-state index contributed by atoms with van der Waals surface area (Å²) in [5, 5.41) is 22.6. The lowest BCUT2D eigenvalue weighted by Gasteiger charge is -2.25. The van der Waals surface area contributed by atoms with Crippen molar-refractivity contribution in [3.63, 3.8) is 0 Å². The van der Waals surface area contributed by atoms with Crippen LogP contribution in [0.4, 0.5) is 15.8 Å². The molecule has 1 aliphatic heterocycles. The fourth-order valence-corrected chi connectivity index (χ4v) is 3.63. The van der Waals surface area contributed by atoms with Gasteiger partial charge in [0.15, 0.2) is 0 Å². The van der Waals surface area contributed by atoms with Gasteiger partial charge in [0.1, 0.15) is 17.6 Å². The van der Waals surface area contributed by atoms with Crippen LogP contribution in [-0.2, 0) is 9.59 Å². The van der Waals surface area contributed by atoms with E-state index >= 15 is 0 Å². The summed E-state index contributed by atoms with van der Waals surface area (Å²) in [4.78, 5) is 38.0. The number of nitro benzene ring substituents is 1. The highest BCUT2D eigenvalue weighted by Crippen LogP contribution is 2.44. The number of ketones is 1. The van der Waals surface area contributed by atoms with E-state index in [9.17, 15) is 29.2 Å². The number of aliphatic hydroxyl groups excluding tert-OH is 1. The Morgan fingerprint density at radius 1 is 0.935 bits per heavy atom. The molecule has 0 saturated carbocycles. The van der Waals surface area contributed by atoms with Gasteiger partial charge in [-0.3, -0.25) is 24.6 Å². The molecule has 1 amide bonds. The van der Waals surface area contributed by atoms with Crippen molar-refractivity contribution in [3.8, 4) is 0 Å². The van der Waals surface area contributed by atoms with Crippen LogP contribution in [0.25, 0.3) is 5.76 Å². The van der Waals surface area contributed by atoms with Crippen LogP contribution < -0.4 is 4.90 Å². The van der Waals surface area contributed by atoms with Gasteiger partial charge in [-0.1, -0.05) is 42.5 Å². The zero-order chi connectivity index (χ0) is 22.1. The molecule has 0 aromatic heterocycles. The van der Waals surface area contributed by atoms with Gasteiger partial charge in [0.2, 0.25) is 0 Å². The third-order valence-corrected chi connectivity index (χ3v) is 5.02. The van der Waals surface area contributed by atoms with Crippen LogP contribution in [0, 0.1) is 15.9 Å². The number of halogens is 1. The summed E-state index contributed by atoms with van der Waals surface area (Å²) in [6, 6.07) is 17.3. The number of nitro groups is 1. The summed E-state index contributed by atoms with van der Waals surface area (Å²) in [6.45, 7) is 0. The van der Waals surface area contributed by atoms with Gasteiger partial charge in [0.05, 0.1) is 16.1 Å². The van der Waals surface area contributed by atoms with E-state index in [4.69, 9.17) is 0 Å². The number of para-hydroxylation sites is 1. The maximum atomic E-state index is 13.5. The fourth-order valence-electron chi connectivity index (χ4n) is 3.63. The average molecular weight is 418 g/mol. The Morgan fingerprint density at radius 2 is 1.55 bits per heavy atom. The summed E-state index contributed by atoms with van der Waals surface area (Å²) >= 11 is 0. The summed E-state index contributed by atoms with van der Waals surface area (Å²) in [5.41, 5.74) is -0.106. The van der Waals surface area contributed by atoms with E-state index in [0.29, 0.717) is 0 Å². The lowest BCUT2D eigenvalue weighted by atomic mass is 9.94. The molecule has 1 atom stereocenters. The van der Waals surface area contributed by atoms with Crippen molar-refractivity contribution in [2.45, 2.75) is 6.04 Å². The molecule has 0 bridgehead atoms. The smallest absolute Gasteiger partial charge is 0.300 e. The number of hydrogen-bond acceptors (Lipinski definition) is 5. The second kappa shape index (κ2) is 7.83. The molecule has 7 nitrogen and oxygen atoms in total. The van der Waals surface area contributed by atoms with Crippen molar-refractivity contribution < 1.29 is 24.0 Å². The number of anilines is 1. The van der Waals surface area contributed by atoms with Crippen LogP contribution in [0.2, 0.25) is 0 Å². The van der Waals surface area contributed by atoms with Crippen molar-refractivity contribution in [1.29, 1.82) is 0 Å². The maximum Gasteiger partial charge on any atom is 0.300 e. The van der Waals surface area contributed by atoms with Crippen molar-refractivity contribution in [2.75, 3.05) is 4.90 Å². The van der Waals surface area contributed by atoms with Crippen molar-refractivity contribution in [2.24, 2.45) is 0 Å². The maximum absolute atomic E-state index is 13.5. The molecule has 8 heteroatoms. The summed E-state index contributed by atoms with van der Waals surface area (Å²) < 4.78 is 13.5. The summed E-state index contributed by atoms with van der Waals surface area (Å²) in [7, 11) is 0. The monoisotopic (exact) mass is 418 g/mol. The van der Waals surface area contributed by atoms with Gasteiger partial charge >= 0.3 is 0 Å². The molecule has 0 radical (unpaired) electrons. The Bertz CT molecular complexity index is 1220. The van der Waals surface area contributed by atoms with E-state index in [2.05, 4.69) is 0 Å². The number of rotatable bonds is 4. The van der Waals surface area contributed by atoms with Crippen LogP contribution in [-0.4, -0.2) is 21.7 Å². The van der Waals surface area contributed by atoms with Gasteiger partial charge in [0.25, 0.3) is 17.4 Å². The molecular formula is C23H15FN2O5. The van der Waals surface area contributed by atoms with Crippen molar-refractivity contribution in [1.82, 2.24) is 0 Å². The lowest BCUT2D eigenvalue weighted by Crippen LogP contribution is -2.29. The minimum atomic E-state index is -1.27. The minimum absolute atomic E-state index is 0.0495. The molecule has 4 rings (SSSR count). The normalized spacial score (nSPS) is 17.7. The third-order valence-electron chi connectivity index (χ3n) is 5.02. The Balaban J connectivity index is 2.01. The van der Waals surface area contributed by atoms with Gasteiger partial charge in [-0.05, 0) is 30.3 Å². The number of nitrogens with zero attached hydrogens (tertiary/aromatic N) is 2. The van der Waals surface area contributed by atoms with Crippen LogP contribution in [0.15, 0.2) is 84.4 Å². The van der Waals surface area contributed by atoms with Crippen molar-refractivity contribution in [3.05, 3.63) is 111 Å². The number of amides is 1. The van der Waals surface area contributed by atoms with Gasteiger partial charge < -0.3 is 5.11 Å². The molecular weight excluding hydrogens is 403 g/mol. The molecule has 1 heterocycles. The van der Waals surface area contributed by atoms with Crippen LogP contribution in [0.1, 0.15) is 17.2 Å². The molecule has 31 heavy (non-hydrogen) atoms. The minimum Gasteiger partial charge on any atom is -0.507 e. The third kappa shape index (κ3) is 3.44. The number of benzene rings is 3. The second-order valence-corrected chi connectivity index (χ2v) is 6.83. The summed E-state index contributed by atoms with van der Waals surface area (Å²) in [6.07, 6.45) is 0. The molecule has 0 unspecified atom stereocenters. The molecule has 1 aliphatic rings. The first-order chi connectivity index (χ1) is 14.9. The predicted molar refractivity (Wildman–Crippen MR) is 111 cm³/mol. The highest BCUT2D eigenvalue weighted by atomic mass is 19.1. The Hall–Kier alpha value is -4.33. The summed E-state index contributed by atoms with van der Waals surface area (Å²) in [5.74, 6) is -2.97. The first-order valence-electron chi connectivity index (χ1n) is 9.25. The first-order valence-corrected chi connectivity index (χ1v) is 9.25. The first kappa shape index (κ1) is 20.0. The second-order valence-electron chi connectivity index (χ2n) is 6.83. The van der Waals surface area contributed by atoms with Gasteiger partial charge in [-0.15, -0.1) is 0 Å². The van der Waals surface area contributed by atoms with E-state index < -0.39 is 34.2 Å². The number of hydrogen-bond donors (Lipinski definition) is 1. The Kier molecular flexibility index (Phi) is 5.04. The largest absolute Gasteiger partial charge is 0.507 e. The zero-order valence-corrected chi connectivity index (χ0v) is 15.9. The highest BCUT2D eigenvalue weighted by Gasteiger charge is 2.48. The van der Waals surface area contributed by atoms with E-state index in [-0.39, 0.29) is 28.1 Å². The predicted octanol–water partition coefficient (Wildman–Crippen LogP) is 4.36. The topological polar surface area (TPSA) is 101 Å². The Morgan fingerprint density at radius 3 is 2.19 bits per heavy atom. The number of aliphatic hydroxyl groups is 1. The Labute approximate surface area is 175 Å². The molecule has 1 saturated heterocycles. The quantitative estimate of drug-likeness (QED) is 0.223. The molecule has 1 fully saturated rings. The molecule has 3 aromatic carbocycles. The molecule has 0 spiro atoms. The molecule has 1 N–H and O–H groups in total. The van der Waals surface area contributed by atoms with Crippen LogP contribution >= 0.6 is 0 Å². The van der Waals surface area contributed by atoms with Gasteiger partial charge in [0, 0.05) is 17.3 Å². The van der Waals surface area contributed by atoms with Crippen molar-refractivity contribution >= 4 is 28.8 Å². The highest BCUT2D eigenvalue weighted by molar-refractivity contribution is 6.51. The van der Waals surface area contributed by atoms with E-state index in [1.807, 2.05) is 0 Å². The standard InChI is InChI=1S/C23H15FN2O5/c24-15-10-12-16(13-11-15)25-20(17-8-4-5-9-18(17)26(30)31)19(22(28)23(25)29)21(27)14-6-2-1-3-7-14/h1-13,20,27H/t20-/m1/s1. The molecule has 3 aromatic rings.